The first-order chi connectivity index (χ1) is 13.7. The molecule has 0 radical (unpaired) electrons. The third-order valence-corrected chi connectivity index (χ3v) is 7.46. The molecule has 2 fully saturated rings. The van der Waals surface area contributed by atoms with Gasteiger partial charge < -0.3 is 0 Å². The lowest BCUT2D eigenvalue weighted by Crippen LogP contribution is -2.17. The fourth-order valence-electron chi connectivity index (χ4n) is 5.56. The molecular weight excluding hydrogens is 350 g/mol. The Morgan fingerprint density at radius 2 is 1.25 bits per heavy atom. The second-order valence-electron chi connectivity index (χ2n) is 9.38. The van der Waals surface area contributed by atoms with E-state index in [0.717, 1.165) is 30.6 Å². The Labute approximate surface area is 170 Å². The van der Waals surface area contributed by atoms with Crippen LogP contribution in [0.3, 0.4) is 0 Å². The fraction of sp³-hybridized carbons (Fsp3) is 0.692. The molecule has 0 bridgehead atoms. The minimum atomic E-state index is -0.124. The molecule has 2 heteroatoms. The molecule has 0 atom stereocenters. The molecule has 1 aromatic rings. The highest BCUT2D eigenvalue weighted by Crippen LogP contribution is 2.40. The third kappa shape index (κ3) is 7.01. The highest BCUT2D eigenvalue weighted by molar-refractivity contribution is 5.20. The monoisotopic (exact) mass is 388 g/mol. The standard InChI is InChI=1S/C26H38F2/c27-20-4-2-1-3-5-21-6-8-22(9-7-21)10-11-23-12-14-24(15-13-23)25-16-18-26(28)19-17-25/h4,16-24H,1-3,5-15H2/b20-4+. The van der Waals surface area contributed by atoms with Crippen molar-refractivity contribution in [3.8, 4) is 0 Å². The van der Waals surface area contributed by atoms with E-state index >= 15 is 0 Å². The molecule has 156 valence electrons. The molecule has 0 nitrogen and oxygen atoms in total. The Morgan fingerprint density at radius 1 is 0.714 bits per heavy atom. The van der Waals surface area contributed by atoms with E-state index in [2.05, 4.69) is 0 Å². The van der Waals surface area contributed by atoms with Crippen LogP contribution in [0, 0.1) is 23.6 Å². The van der Waals surface area contributed by atoms with E-state index in [1.807, 2.05) is 12.1 Å². The quantitative estimate of drug-likeness (QED) is 0.371. The van der Waals surface area contributed by atoms with Crippen LogP contribution in [-0.4, -0.2) is 0 Å². The number of hydrogen-bond donors (Lipinski definition) is 0. The fourth-order valence-corrected chi connectivity index (χ4v) is 5.56. The Bertz CT molecular complexity index is 561. The van der Waals surface area contributed by atoms with Gasteiger partial charge in [-0.2, -0.15) is 0 Å². The zero-order valence-corrected chi connectivity index (χ0v) is 17.4. The van der Waals surface area contributed by atoms with Crippen LogP contribution in [-0.2, 0) is 0 Å². The normalized spacial score (nSPS) is 28.6. The summed E-state index contributed by atoms with van der Waals surface area (Å²) in [5.74, 6) is 3.32. The Kier molecular flexibility index (Phi) is 9.02. The summed E-state index contributed by atoms with van der Waals surface area (Å²) in [4.78, 5) is 0. The van der Waals surface area contributed by atoms with Crippen LogP contribution in [0.2, 0.25) is 0 Å². The van der Waals surface area contributed by atoms with Gasteiger partial charge in [-0.15, -0.1) is 0 Å². The van der Waals surface area contributed by atoms with Crippen molar-refractivity contribution in [2.45, 2.75) is 95.8 Å². The molecule has 0 heterocycles. The Balaban J connectivity index is 1.26. The summed E-state index contributed by atoms with van der Waals surface area (Å²) in [6, 6.07) is 7.19. The van der Waals surface area contributed by atoms with Crippen molar-refractivity contribution in [2.24, 2.45) is 17.8 Å². The van der Waals surface area contributed by atoms with Gasteiger partial charge in [0, 0.05) is 0 Å². The molecule has 0 aromatic heterocycles. The van der Waals surface area contributed by atoms with Gasteiger partial charge in [0.15, 0.2) is 0 Å². The van der Waals surface area contributed by atoms with Crippen LogP contribution in [0.1, 0.15) is 101 Å². The van der Waals surface area contributed by atoms with Gasteiger partial charge in [0.1, 0.15) is 5.82 Å². The van der Waals surface area contributed by atoms with Crippen molar-refractivity contribution in [1.29, 1.82) is 0 Å². The van der Waals surface area contributed by atoms with E-state index in [9.17, 15) is 8.78 Å². The molecule has 3 rings (SSSR count). The first-order valence-corrected chi connectivity index (χ1v) is 11.7. The molecule has 28 heavy (non-hydrogen) atoms. The summed E-state index contributed by atoms with van der Waals surface area (Å²) in [5.41, 5.74) is 1.33. The first kappa shape index (κ1) is 21.5. The van der Waals surface area contributed by atoms with Crippen LogP contribution in [0.5, 0.6) is 0 Å². The number of unbranched alkanes of at least 4 members (excludes halogenated alkanes) is 2. The van der Waals surface area contributed by atoms with Crippen LogP contribution in [0.15, 0.2) is 36.7 Å². The molecule has 0 unspecified atom stereocenters. The molecule has 1 aromatic carbocycles. The van der Waals surface area contributed by atoms with Gasteiger partial charge in [0.2, 0.25) is 0 Å². The molecular formula is C26H38F2. The van der Waals surface area contributed by atoms with Gasteiger partial charge in [0.25, 0.3) is 0 Å². The lowest BCUT2D eigenvalue weighted by molar-refractivity contribution is 0.222. The van der Waals surface area contributed by atoms with Crippen molar-refractivity contribution in [3.05, 3.63) is 48.1 Å². The summed E-state index contributed by atoms with van der Waals surface area (Å²) in [5, 5.41) is 0. The number of rotatable bonds is 9. The predicted molar refractivity (Wildman–Crippen MR) is 114 cm³/mol. The van der Waals surface area contributed by atoms with Crippen LogP contribution in [0.4, 0.5) is 8.78 Å². The number of allylic oxidation sites excluding steroid dienone is 1. The van der Waals surface area contributed by atoms with Gasteiger partial charge in [0.05, 0.1) is 6.33 Å². The van der Waals surface area contributed by atoms with Crippen molar-refractivity contribution >= 4 is 0 Å². The summed E-state index contributed by atoms with van der Waals surface area (Å²) >= 11 is 0. The molecule has 0 aliphatic heterocycles. The highest BCUT2D eigenvalue weighted by Gasteiger charge is 2.25. The summed E-state index contributed by atoms with van der Waals surface area (Å²) in [7, 11) is 0. The van der Waals surface area contributed by atoms with Gasteiger partial charge >= 0.3 is 0 Å². The summed E-state index contributed by atoms with van der Waals surface area (Å²) in [6.07, 6.45) is 20.8. The average Bonchev–Trinajstić information content (AvgIpc) is 2.74. The van der Waals surface area contributed by atoms with Gasteiger partial charge in [-0.25, -0.2) is 8.78 Å². The summed E-state index contributed by atoms with van der Waals surface area (Å²) in [6.45, 7) is 0. The maximum atomic E-state index is 13.1. The second-order valence-corrected chi connectivity index (χ2v) is 9.38. The van der Waals surface area contributed by atoms with E-state index in [0.29, 0.717) is 12.2 Å². The lowest BCUT2D eigenvalue weighted by Gasteiger charge is -2.32. The molecule has 2 aliphatic carbocycles. The van der Waals surface area contributed by atoms with Crippen LogP contribution < -0.4 is 0 Å². The van der Waals surface area contributed by atoms with Crippen molar-refractivity contribution < 1.29 is 8.78 Å². The molecule has 0 saturated heterocycles. The van der Waals surface area contributed by atoms with Crippen molar-refractivity contribution in [3.63, 3.8) is 0 Å². The second kappa shape index (κ2) is 11.7. The minimum Gasteiger partial charge on any atom is -0.216 e. The number of hydrogen-bond acceptors (Lipinski definition) is 0. The highest BCUT2D eigenvalue weighted by atomic mass is 19.1. The van der Waals surface area contributed by atoms with E-state index in [-0.39, 0.29) is 5.82 Å². The van der Waals surface area contributed by atoms with Gasteiger partial charge in [-0.3, -0.25) is 0 Å². The predicted octanol–water partition coefficient (Wildman–Crippen LogP) is 8.73. The van der Waals surface area contributed by atoms with E-state index < -0.39 is 0 Å². The van der Waals surface area contributed by atoms with Gasteiger partial charge in [-0.1, -0.05) is 69.6 Å². The van der Waals surface area contributed by atoms with Crippen LogP contribution in [0.25, 0.3) is 0 Å². The summed E-state index contributed by atoms with van der Waals surface area (Å²) < 4.78 is 25.1. The van der Waals surface area contributed by atoms with Crippen molar-refractivity contribution in [1.82, 2.24) is 0 Å². The zero-order chi connectivity index (χ0) is 19.6. The van der Waals surface area contributed by atoms with Crippen molar-refractivity contribution in [2.75, 3.05) is 0 Å². The van der Waals surface area contributed by atoms with Gasteiger partial charge in [-0.05, 0) is 79.9 Å². The Morgan fingerprint density at radius 3 is 1.82 bits per heavy atom. The lowest BCUT2D eigenvalue weighted by atomic mass is 9.74. The first-order valence-electron chi connectivity index (χ1n) is 11.7. The SMILES string of the molecule is F/C=C/CCCCC1CCC(CCC2CCC(c3ccc(F)cc3)CC2)CC1. The number of halogens is 2. The largest absolute Gasteiger partial charge is 0.216 e. The number of benzene rings is 1. The van der Waals surface area contributed by atoms with E-state index in [1.54, 1.807) is 18.2 Å². The minimum absolute atomic E-state index is 0.124. The third-order valence-electron chi connectivity index (χ3n) is 7.46. The van der Waals surface area contributed by atoms with E-state index in [1.165, 1.54) is 82.6 Å². The molecule has 0 amide bonds. The molecule has 0 N–H and O–H groups in total. The topological polar surface area (TPSA) is 0 Å². The molecule has 2 aliphatic rings. The molecule has 2 saturated carbocycles. The Hall–Kier alpha value is -1.18. The molecule has 0 spiro atoms. The maximum absolute atomic E-state index is 13.1. The van der Waals surface area contributed by atoms with E-state index in [4.69, 9.17) is 0 Å². The maximum Gasteiger partial charge on any atom is 0.123 e. The average molecular weight is 389 g/mol. The zero-order valence-electron chi connectivity index (χ0n) is 17.4. The van der Waals surface area contributed by atoms with Crippen LogP contribution >= 0.6 is 0 Å². The smallest absolute Gasteiger partial charge is 0.123 e.